The topological polar surface area (TPSA) is 21.3 Å². The molecule has 1 rings (SSSR count). The first-order valence-electron chi connectivity index (χ1n) is 4.28. The van der Waals surface area contributed by atoms with Crippen LogP contribution in [0.1, 0.15) is 20.3 Å². The van der Waals surface area contributed by atoms with Gasteiger partial charge in [0, 0.05) is 13.2 Å². The number of hydrogen-bond donors (Lipinski definition) is 1. The molecule has 0 aromatic carbocycles. The van der Waals surface area contributed by atoms with Crippen LogP contribution in [0, 0.1) is 11.3 Å². The van der Waals surface area contributed by atoms with Crippen molar-refractivity contribution in [2.24, 2.45) is 11.3 Å². The maximum absolute atomic E-state index is 5.13. The normalized spacial score (nSPS) is 30.0. The summed E-state index contributed by atoms with van der Waals surface area (Å²) in [7, 11) is 3.78. The van der Waals surface area contributed by atoms with Gasteiger partial charge in [-0.15, -0.1) is 0 Å². The maximum Gasteiger partial charge on any atom is 0.0618 e. The molecule has 0 aliphatic heterocycles. The average Bonchev–Trinajstić information content (AvgIpc) is 2.55. The molecule has 0 amide bonds. The van der Waals surface area contributed by atoms with Gasteiger partial charge in [0.05, 0.1) is 6.61 Å². The third-order valence-corrected chi connectivity index (χ3v) is 2.79. The minimum atomic E-state index is 0.548. The van der Waals surface area contributed by atoms with E-state index in [-0.39, 0.29) is 0 Å². The Morgan fingerprint density at radius 2 is 2.18 bits per heavy atom. The zero-order valence-corrected chi connectivity index (χ0v) is 7.98. The molecule has 1 N–H and O–H groups in total. The van der Waals surface area contributed by atoms with E-state index in [1.165, 1.54) is 6.42 Å². The molecule has 2 nitrogen and oxygen atoms in total. The van der Waals surface area contributed by atoms with E-state index < -0.39 is 0 Å². The van der Waals surface area contributed by atoms with Crippen LogP contribution in [-0.2, 0) is 4.74 Å². The molecule has 0 spiro atoms. The summed E-state index contributed by atoms with van der Waals surface area (Å²) in [4.78, 5) is 0. The molecule has 1 aliphatic rings. The Kier molecular flexibility index (Phi) is 2.55. The van der Waals surface area contributed by atoms with Crippen molar-refractivity contribution in [1.82, 2.24) is 5.32 Å². The Labute approximate surface area is 69.3 Å². The van der Waals surface area contributed by atoms with Gasteiger partial charge in [0.1, 0.15) is 0 Å². The largest absolute Gasteiger partial charge is 0.383 e. The summed E-state index contributed by atoms with van der Waals surface area (Å²) in [6, 6.07) is 0.551. The fourth-order valence-corrected chi connectivity index (χ4v) is 1.77. The van der Waals surface area contributed by atoms with E-state index in [1.807, 2.05) is 7.05 Å². The van der Waals surface area contributed by atoms with E-state index in [0.717, 1.165) is 12.5 Å². The van der Waals surface area contributed by atoms with Gasteiger partial charge >= 0.3 is 0 Å². The fourth-order valence-electron chi connectivity index (χ4n) is 1.77. The van der Waals surface area contributed by atoms with Crippen LogP contribution < -0.4 is 5.32 Å². The minimum absolute atomic E-state index is 0.548. The molecular formula is C9H19NO. The molecule has 0 saturated heterocycles. The standard InChI is InChI=1S/C9H19NO/c1-9(2)5-7(9)8(10-3)6-11-4/h7-8,10H,5-6H2,1-4H3. The third kappa shape index (κ3) is 1.94. The zero-order valence-electron chi connectivity index (χ0n) is 7.98. The van der Waals surface area contributed by atoms with Gasteiger partial charge in [-0.1, -0.05) is 13.8 Å². The summed E-state index contributed by atoms with van der Waals surface area (Å²) < 4.78 is 5.13. The molecule has 1 saturated carbocycles. The molecule has 11 heavy (non-hydrogen) atoms. The lowest BCUT2D eigenvalue weighted by molar-refractivity contribution is 0.155. The van der Waals surface area contributed by atoms with Crippen LogP contribution in [0.5, 0.6) is 0 Å². The third-order valence-electron chi connectivity index (χ3n) is 2.79. The molecule has 0 aromatic heterocycles. The highest BCUT2D eigenvalue weighted by molar-refractivity contribution is 5.01. The summed E-state index contributed by atoms with van der Waals surface area (Å²) in [6.07, 6.45) is 1.34. The van der Waals surface area contributed by atoms with Crippen molar-refractivity contribution < 1.29 is 4.74 Å². The molecule has 0 radical (unpaired) electrons. The number of rotatable bonds is 4. The average molecular weight is 157 g/mol. The number of hydrogen-bond acceptors (Lipinski definition) is 2. The fraction of sp³-hybridized carbons (Fsp3) is 1.00. The highest BCUT2D eigenvalue weighted by Crippen LogP contribution is 2.53. The molecule has 1 fully saturated rings. The first-order valence-corrected chi connectivity index (χ1v) is 4.28. The number of nitrogens with one attached hydrogen (secondary N) is 1. The van der Waals surface area contributed by atoms with Gasteiger partial charge in [0.25, 0.3) is 0 Å². The summed E-state index contributed by atoms with van der Waals surface area (Å²) >= 11 is 0. The Hall–Kier alpha value is -0.0800. The van der Waals surface area contributed by atoms with E-state index in [1.54, 1.807) is 7.11 Å². The van der Waals surface area contributed by atoms with Crippen molar-refractivity contribution in [3.63, 3.8) is 0 Å². The van der Waals surface area contributed by atoms with Crippen LogP contribution in [0.4, 0.5) is 0 Å². The second-order valence-electron chi connectivity index (χ2n) is 4.15. The van der Waals surface area contributed by atoms with Crippen LogP contribution in [0.3, 0.4) is 0 Å². The van der Waals surface area contributed by atoms with Crippen molar-refractivity contribution in [2.75, 3.05) is 20.8 Å². The van der Waals surface area contributed by atoms with E-state index in [9.17, 15) is 0 Å². The second-order valence-corrected chi connectivity index (χ2v) is 4.15. The van der Waals surface area contributed by atoms with Gasteiger partial charge in [-0.3, -0.25) is 0 Å². The van der Waals surface area contributed by atoms with E-state index in [4.69, 9.17) is 4.74 Å². The summed E-state index contributed by atoms with van der Waals surface area (Å²) in [5.41, 5.74) is 0.548. The monoisotopic (exact) mass is 157 g/mol. The van der Waals surface area contributed by atoms with Gasteiger partial charge in [-0.2, -0.15) is 0 Å². The lowest BCUT2D eigenvalue weighted by Crippen LogP contribution is -2.33. The van der Waals surface area contributed by atoms with Crippen LogP contribution >= 0.6 is 0 Å². The first kappa shape index (κ1) is 9.01. The summed E-state index contributed by atoms with van der Waals surface area (Å²) in [6.45, 7) is 5.47. The summed E-state index contributed by atoms with van der Waals surface area (Å²) in [5, 5.41) is 3.30. The van der Waals surface area contributed by atoms with E-state index in [2.05, 4.69) is 19.2 Å². The SMILES string of the molecule is CNC(COC)C1CC1(C)C. The molecule has 0 heterocycles. The molecule has 2 atom stereocenters. The van der Waals surface area contributed by atoms with Crippen molar-refractivity contribution in [1.29, 1.82) is 0 Å². The molecular weight excluding hydrogens is 138 g/mol. The predicted molar refractivity (Wildman–Crippen MR) is 46.6 cm³/mol. The quantitative estimate of drug-likeness (QED) is 0.663. The first-order chi connectivity index (χ1) is 5.11. The molecule has 0 bridgehead atoms. The van der Waals surface area contributed by atoms with Crippen molar-refractivity contribution >= 4 is 0 Å². The number of methoxy groups -OCH3 is 1. The van der Waals surface area contributed by atoms with Crippen LogP contribution in [0.2, 0.25) is 0 Å². The number of ether oxygens (including phenoxy) is 1. The van der Waals surface area contributed by atoms with E-state index in [0.29, 0.717) is 11.5 Å². The Bertz CT molecular complexity index is 134. The van der Waals surface area contributed by atoms with E-state index >= 15 is 0 Å². The van der Waals surface area contributed by atoms with Crippen molar-refractivity contribution in [2.45, 2.75) is 26.3 Å². The predicted octanol–water partition coefficient (Wildman–Crippen LogP) is 1.27. The minimum Gasteiger partial charge on any atom is -0.383 e. The Morgan fingerprint density at radius 3 is 2.45 bits per heavy atom. The lowest BCUT2D eigenvalue weighted by atomic mass is 10.0. The summed E-state index contributed by atoms with van der Waals surface area (Å²) in [5.74, 6) is 0.812. The van der Waals surface area contributed by atoms with Gasteiger partial charge in [0.15, 0.2) is 0 Å². The lowest BCUT2D eigenvalue weighted by Gasteiger charge is -2.16. The molecule has 1 aliphatic carbocycles. The molecule has 2 unspecified atom stereocenters. The Morgan fingerprint density at radius 1 is 1.64 bits per heavy atom. The number of likely N-dealkylation sites (N-methyl/N-ethyl adjacent to an activating group) is 1. The maximum atomic E-state index is 5.13. The van der Waals surface area contributed by atoms with Gasteiger partial charge in [-0.05, 0) is 24.8 Å². The van der Waals surface area contributed by atoms with Gasteiger partial charge < -0.3 is 10.1 Å². The highest BCUT2D eigenvalue weighted by atomic mass is 16.5. The second kappa shape index (κ2) is 3.11. The van der Waals surface area contributed by atoms with Gasteiger partial charge in [-0.25, -0.2) is 0 Å². The van der Waals surface area contributed by atoms with Crippen LogP contribution in [-0.4, -0.2) is 26.8 Å². The van der Waals surface area contributed by atoms with Crippen molar-refractivity contribution in [3.05, 3.63) is 0 Å². The highest BCUT2D eigenvalue weighted by Gasteiger charge is 2.49. The van der Waals surface area contributed by atoms with Crippen molar-refractivity contribution in [3.8, 4) is 0 Å². The van der Waals surface area contributed by atoms with Gasteiger partial charge in [0.2, 0.25) is 0 Å². The molecule has 2 heteroatoms. The molecule has 0 aromatic rings. The zero-order chi connectivity index (χ0) is 8.48. The molecule has 66 valence electrons. The Balaban J connectivity index is 2.33. The van der Waals surface area contributed by atoms with Crippen LogP contribution in [0.25, 0.3) is 0 Å². The smallest absolute Gasteiger partial charge is 0.0618 e. The van der Waals surface area contributed by atoms with Crippen LogP contribution in [0.15, 0.2) is 0 Å².